The van der Waals surface area contributed by atoms with Crippen LogP contribution >= 0.6 is 0 Å². The number of carbonyl (C=O) groups is 2. The summed E-state index contributed by atoms with van der Waals surface area (Å²) in [6.45, 7) is 0.654. The maximum Gasteiger partial charge on any atom is 0.323 e. The van der Waals surface area contributed by atoms with Gasteiger partial charge in [-0.1, -0.05) is 6.07 Å². The molecule has 1 heterocycles. The van der Waals surface area contributed by atoms with Gasteiger partial charge < -0.3 is 5.11 Å². The Bertz CT molecular complexity index is 395. The highest BCUT2D eigenvalue weighted by Gasteiger charge is 2.16. The number of hydrogen-bond donors (Lipinski definition) is 1. The molecule has 1 rings (SSSR count). The second-order valence-corrected chi connectivity index (χ2v) is 2.82. The first-order valence-electron chi connectivity index (χ1n) is 4.13. The van der Waals surface area contributed by atoms with Gasteiger partial charge in [-0.3, -0.25) is 14.5 Å². The van der Waals surface area contributed by atoms with Crippen LogP contribution in [0.25, 0.3) is 0 Å². The molecule has 0 bridgehead atoms. The van der Waals surface area contributed by atoms with Crippen LogP contribution in [0.15, 0.2) is 18.2 Å². The summed E-state index contributed by atoms with van der Waals surface area (Å²) in [6.07, 6.45) is 0. The van der Waals surface area contributed by atoms with Gasteiger partial charge in [-0.25, -0.2) is 4.98 Å². The van der Waals surface area contributed by atoms with Crippen molar-refractivity contribution in [2.75, 3.05) is 11.4 Å². The molecule has 1 N–H and O–H groups in total. The molecule has 0 unspecified atom stereocenters. The van der Waals surface area contributed by atoms with Gasteiger partial charge in [0.2, 0.25) is 11.9 Å². The second-order valence-electron chi connectivity index (χ2n) is 2.82. The van der Waals surface area contributed by atoms with Gasteiger partial charge >= 0.3 is 5.97 Å². The van der Waals surface area contributed by atoms with Gasteiger partial charge in [0.25, 0.3) is 0 Å². The predicted molar refractivity (Wildman–Crippen MR) is 49.9 cm³/mol. The van der Waals surface area contributed by atoms with Crippen LogP contribution in [0.5, 0.6) is 0 Å². The molecule has 0 saturated heterocycles. The van der Waals surface area contributed by atoms with Gasteiger partial charge in [-0.05, 0) is 12.1 Å². The first-order chi connectivity index (χ1) is 7.00. The van der Waals surface area contributed by atoms with Gasteiger partial charge in [-0.2, -0.15) is 4.39 Å². The number of halogens is 1. The number of carboxylic acids is 1. The molecular weight excluding hydrogens is 203 g/mol. The van der Waals surface area contributed by atoms with Crippen LogP contribution in [0.3, 0.4) is 0 Å². The summed E-state index contributed by atoms with van der Waals surface area (Å²) in [4.78, 5) is 25.9. The van der Waals surface area contributed by atoms with E-state index < -0.39 is 24.4 Å². The lowest BCUT2D eigenvalue weighted by molar-refractivity contribution is -0.136. The fourth-order valence-corrected chi connectivity index (χ4v) is 1.04. The summed E-state index contributed by atoms with van der Waals surface area (Å²) in [7, 11) is 0. The highest BCUT2D eigenvalue weighted by Crippen LogP contribution is 2.10. The zero-order valence-electron chi connectivity index (χ0n) is 7.98. The van der Waals surface area contributed by atoms with E-state index in [4.69, 9.17) is 5.11 Å². The van der Waals surface area contributed by atoms with Crippen molar-refractivity contribution in [3.05, 3.63) is 24.1 Å². The molecule has 0 atom stereocenters. The molecule has 0 radical (unpaired) electrons. The summed E-state index contributed by atoms with van der Waals surface area (Å²) in [5.74, 6) is -2.46. The van der Waals surface area contributed by atoms with Gasteiger partial charge in [0.05, 0.1) is 0 Å². The Morgan fingerprint density at radius 2 is 2.20 bits per heavy atom. The first-order valence-corrected chi connectivity index (χ1v) is 4.13. The van der Waals surface area contributed by atoms with Crippen molar-refractivity contribution in [1.82, 2.24) is 4.98 Å². The SMILES string of the molecule is CC(=O)N(CC(=O)O)c1cccc(F)n1. The lowest BCUT2D eigenvalue weighted by Gasteiger charge is -2.17. The Kier molecular flexibility index (Phi) is 3.33. The van der Waals surface area contributed by atoms with E-state index in [1.54, 1.807) is 0 Å². The minimum Gasteiger partial charge on any atom is -0.480 e. The topological polar surface area (TPSA) is 70.5 Å². The Hall–Kier alpha value is -1.98. The Labute approximate surface area is 85.2 Å². The zero-order chi connectivity index (χ0) is 11.4. The molecule has 0 fully saturated rings. The van der Waals surface area contributed by atoms with E-state index in [0.717, 1.165) is 11.0 Å². The molecule has 0 aliphatic heterocycles. The highest BCUT2D eigenvalue weighted by atomic mass is 19.1. The largest absolute Gasteiger partial charge is 0.480 e. The molecule has 0 saturated carbocycles. The number of rotatable bonds is 3. The molecule has 0 aromatic carbocycles. The maximum absolute atomic E-state index is 12.7. The van der Waals surface area contributed by atoms with Gasteiger partial charge in [0, 0.05) is 6.92 Å². The quantitative estimate of drug-likeness (QED) is 0.747. The number of carbonyl (C=O) groups excluding carboxylic acids is 1. The molecule has 1 aromatic rings. The van der Waals surface area contributed by atoms with Gasteiger partial charge in [0.1, 0.15) is 12.4 Å². The maximum atomic E-state index is 12.7. The van der Waals surface area contributed by atoms with Gasteiger partial charge in [0.15, 0.2) is 0 Å². The number of nitrogens with zero attached hydrogens (tertiary/aromatic N) is 2. The molecule has 0 aliphatic rings. The molecule has 0 spiro atoms. The normalized spacial score (nSPS) is 9.73. The fourth-order valence-electron chi connectivity index (χ4n) is 1.04. The van der Waals surface area contributed by atoms with E-state index in [0.29, 0.717) is 0 Å². The van der Waals surface area contributed by atoms with Crippen molar-refractivity contribution in [1.29, 1.82) is 0 Å². The van der Waals surface area contributed by atoms with E-state index in [2.05, 4.69) is 4.98 Å². The molecule has 5 nitrogen and oxygen atoms in total. The lowest BCUT2D eigenvalue weighted by atomic mass is 10.4. The smallest absolute Gasteiger partial charge is 0.323 e. The summed E-state index contributed by atoms with van der Waals surface area (Å²) in [6, 6.07) is 3.84. The van der Waals surface area contributed by atoms with Crippen LogP contribution in [0.1, 0.15) is 6.92 Å². The molecular formula is C9H9FN2O3. The van der Waals surface area contributed by atoms with Crippen molar-refractivity contribution in [3.63, 3.8) is 0 Å². The Morgan fingerprint density at radius 3 is 2.67 bits per heavy atom. The number of carboxylic acid groups (broad SMARTS) is 1. The second kappa shape index (κ2) is 4.50. The van der Waals surface area contributed by atoms with Crippen molar-refractivity contribution in [2.24, 2.45) is 0 Å². The first kappa shape index (κ1) is 11.1. The van der Waals surface area contributed by atoms with E-state index in [1.807, 2.05) is 0 Å². The molecule has 15 heavy (non-hydrogen) atoms. The summed E-state index contributed by atoms with van der Waals surface area (Å²) in [5.41, 5.74) is 0. The Balaban J connectivity index is 2.98. The number of aromatic nitrogens is 1. The van der Waals surface area contributed by atoms with Crippen molar-refractivity contribution in [3.8, 4) is 0 Å². The minimum absolute atomic E-state index is 0.00935. The monoisotopic (exact) mass is 212 g/mol. The molecule has 6 heteroatoms. The van der Waals surface area contributed by atoms with Crippen LogP contribution in [0.4, 0.5) is 10.2 Å². The number of amides is 1. The fraction of sp³-hybridized carbons (Fsp3) is 0.222. The van der Waals surface area contributed by atoms with E-state index in [9.17, 15) is 14.0 Å². The lowest BCUT2D eigenvalue weighted by Crippen LogP contribution is -2.34. The van der Waals surface area contributed by atoms with Crippen LogP contribution in [-0.2, 0) is 9.59 Å². The standard InChI is InChI=1S/C9H9FN2O3/c1-6(13)12(5-9(14)15)8-4-2-3-7(10)11-8/h2-4H,5H2,1H3,(H,14,15). The van der Waals surface area contributed by atoms with Crippen molar-refractivity contribution < 1.29 is 19.1 Å². The summed E-state index contributed by atoms with van der Waals surface area (Å²) in [5, 5.41) is 8.55. The van der Waals surface area contributed by atoms with Crippen LogP contribution in [0.2, 0.25) is 0 Å². The number of aliphatic carboxylic acids is 1. The highest BCUT2D eigenvalue weighted by molar-refractivity contribution is 5.94. The number of anilines is 1. The van der Waals surface area contributed by atoms with Crippen LogP contribution < -0.4 is 4.90 Å². The van der Waals surface area contributed by atoms with E-state index in [-0.39, 0.29) is 5.82 Å². The summed E-state index contributed by atoms with van der Waals surface area (Å²) >= 11 is 0. The third-order valence-electron chi connectivity index (χ3n) is 1.65. The number of pyridine rings is 1. The van der Waals surface area contributed by atoms with E-state index >= 15 is 0 Å². The molecule has 1 amide bonds. The van der Waals surface area contributed by atoms with Crippen molar-refractivity contribution >= 4 is 17.7 Å². The predicted octanol–water partition coefficient (Wildman–Crippen LogP) is 0.658. The van der Waals surface area contributed by atoms with Crippen LogP contribution in [-0.4, -0.2) is 28.5 Å². The zero-order valence-corrected chi connectivity index (χ0v) is 7.98. The minimum atomic E-state index is -1.18. The molecule has 0 aliphatic carbocycles. The average molecular weight is 212 g/mol. The third-order valence-corrected chi connectivity index (χ3v) is 1.65. The number of hydrogen-bond acceptors (Lipinski definition) is 3. The average Bonchev–Trinajstić information content (AvgIpc) is 2.13. The van der Waals surface area contributed by atoms with Crippen LogP contribution in [0, 0.1) is 5.95 Å². The van der Waals surface area contributed by atoms with Crippen molar-refractivity contribution in [2.45, 2.75) is 6.92 Å². The Morgan fingerprint density at radius 1 is 1.53 bits per heavy atom. The molecule has 1 aromatic heterocycles. The van der Waals surface area contributed by atoms with Gasteiger partial charge in [-0.15, -0.1) is 0 Å². The summed E-state index contributed by atoms with van der Waals surface area (Å²) < 4.78 is 12.7. The van der Waals surface area contributed by atoms with E-state index in [1.165, 1.54) is 19.1 Å². The molecule has 80 valence electrons. The third kappa shape index (κ3) is 3.01.